The zero-order valence-corrected chi connectivity index (χ0v) is 19.0. The van der Waals surface area contributed by atoms with Crippen LogP contribution in [0.4, 0.5) is 17.3 Å². The molecule has 1 saturated carbocycles. The van der Waals surface area contributed by atoms with E-state index in [1.54, 1.807) is 11.3 Å². The highest BCUT2D eigenvalue weighted by Crippen LogP contribution is 2.30. The molecule has 2 heterocycles. The highest BCUT2D eigenvalue weighted by molar-refractivity contribution is 7.18. The molecule has 164 valence electrons. The monoisotopic (exact) mass is 439 g/mol. The number of anilines is 3. The maximum Gasteiger partial charge on any atom is 0.271 e. The molecule has 6 N–H and O–H groups in total. The summed E-state index contributed by atoms with van der Waals surface area (Å²) in [5, 5.41) is 7.78. The molecule has 3 aromatic rings. The Morgan fingerprint density at radius 3 is 2.65 bits per heavy atom. The number of thiazole rings is 1. The lowest BCUT2D eigenvalue weighted by atomic mass is 9.82. The van der Waals surface area contributed by atoms with E-state index in [1.807, 2.05) is 32.0 Å². The first-order valence-corrected chi connectivity index (χ1v) is 11.5. The normalized spacial score (nSPS) is 21.2. The first-order chi connectivity index (χ1) is 14.7. The van der Waals surface area contributed by atoms with Gasteiger partial charge in [-0.3, -0.25) is 4.79 Å². The van der Waals surface area contributed by atoms with Gasteiger partial charge in [-0.05, 0) is 64.2 Å². The van der Waals surface area contributed by atoms with Crippen molar-refractivity contribution >= 4 is 44.8 Å². The number of aryl methyl sites for hydroxylation is 2. The predicted molar refractivity (Wildman–Crippen MR) is 126 cm³/mol. The van der Waals surface area contributed by atoms with Gasteiger partial charge in [0, 0.05) is 17.3 Å². The number of carbonyl (C=O) groups excluding carboxylic acids is 1. The third kappa shape index (κ3) is 4.77. The van der Waals surface area contributed by atoms with Crippen molar-refractivity contribution < 1.29 is 4.79 Å². The molecule has 9 heteroatoms. The Morgan fingerprint density at radius 1 is 1.23 bits per heavy atom. The van der Waals surface area contributed by atoms with Crippen molar-refractivity contribution in [1.29, 1.82) is 0 Å². The highest BCUT2D eigenvalue weighted by atomic mass is 32.1. The molecule has 0 saturated heterocycles. The van der Waals surface area contributed by atoms with Crippen LogP contribution in [0.2, 0.25) is 0 Å². The molecule has 1 fully saturated rings. The van der Waals surface area contributed by atoms with E-state index in [1.165, 1.54) is 0 Å². The van der Waals surface area contributed by atoms with Gasteiger partial charge in [0.2, 0.25) is 0 Å². The molecular formula is C22H29N7OS. The molecule has 0 atom stereocenters. The smallest absolute Gasteiger partial charge is 0.271 e. The molecule has 1 amide bonds. The average molecular weight is 440 g/mol. The largest absolute Gasteiger partial charge is 0.366 e. The Balaban J connectivity index is 1.64. The van der Waals surface area contributed by atoms with Gasteiger partial charge in [0.25, 0.3) is 5.91 Å². The lowest BCUT2D eigenvalue weighted by Gasteiger charge is -2.35. The third-order valence-electron chi connectivity index (χ3n) is 5.76. The molecule has 31 heavy (non-hydrogen) atoms. The van der Waals surface area contributed by atoms with Crippen LogP contribution in [-0.2, 0) is 6.42 Å². The molecule has 2 aromatic heterocycles. The predicted octanol–water partition coefficient (Wildman–Crippen LogP) is 3.87. The zero-order valence-electron chi connectivity index (χ0n) is 18.2. The number of hydrogen-bond acceptors (Lipinski definition) is 8. The second-order valence-corrected chi connectivity index (χ2v) is 9.78. The van der Waals surface area contributed by atoms with E-state index in [9.17, 15) is 4.79 Å². The van der Waals surface area contributed by atoms with E-state index in [0.29, 0.717) is 18.1 Å². The number of rotatable bonds is 6. The van der Waals surface area contributed by atoms with E-state index < -0.39 is 5.91 Å². The van der Waals surface area contributed by atoms with Gasteiger partial charge in [0.1, 0.15) is 5.82 Å². The molecule has 0 radical (unpaired) electrons. The van der Waals surface area contributed by atoms with Crippen LogP contribution < -0.4 is 22.1 Å². The van der Waals surface area contributed by atoms with Crippen LogP contribution in [-0.4, -0.2) is 32.4 Å². The van der Waals surface area contributed by atoms with Crippen molar-refractivity contribution in [3.8, 4) is 0 Å². The second-order valence-electron chi connectivity index (χ2n) is 8.55. The lowest BCUT2D eigenvalue weighted by Crippen LogP contribution is -2.43. The fourth-order valence-corrected chi connectivity index (χ4v) is 4.83. The number of primary amides is 1. The van der Waals surface area contributed by atoms with Crippen LogP contribution in [0.5, 0.6) is 0 Å². The van der Waals surface area contributed by atoms with Crippen LogP contribution in [0.25, 0.3) is 10.2 Å². The van der Waals surface area contributed by atoms with E-state index in [4.69, 9.17) is 16.5 Å². The summed E-state index contributed by atoms with van der Waals surface area (Å²) >= 11 is 1.62. The van der Waals surface area contributed by atoms with Gasteiger partial charge < -0.3 is 22.1 Å². The van der Waals surface area contributed by atoms with Crippen molar-refractivity contribution in [1.82, 2.24) is 15.0 Å². The van der Waals surface area contributed by atoms with Gasteiger partial charge in [0.05, 0.1) is 20.9 Å². The maximum atomic E-state index is 12.1. The number of hydrogen-bond donors (Lipinski definition) is 4. The van der Waals surface area contributed by atoms with E-state index >= 15 is 0 Å². The summed E-state index contributed by atoms with van der Waals surface area (Å²) in [6.45, 7) is 6.07. The van der Waals surface area contributed by atoms with E-state index in [2.05, 4.69) is 27.5 Å². The number of benzene rings is 1. The third-order valence-corrected chi connectivity index (χ3v) is 6.70. The summed E-state index contributed by atoms with van der Waals surface area (Å²) in [7, 11) is 0. The summed E-state index contributed by atoms with van der Waals surface area (Å²) < 4.78 is 1.06. The number of nitrogens with zero attached hydrogens (tertiary/aromatic N) is 3. The first kappa shape index (κ1) is 21.5. The Labute approximate surface area is 185 Å². The second kappa shape index (κ2) is 8.39. The van der Waals surface area contributed by atoms with Crippen molar-refractivity contribution in [3.05, 3.63) is 34.6 Å². The van der Waals surface area contributed by atoms with Gasteiger partial charge in [-0.15, -0.1) is 11.3 Å². The summed E-state index contributed by atoms with van der Waals surface area (Å²) in [6, 6.07) is 6.14. The molecule has 1 aliphatic rings. The molecule has 0 spiro atoms. The summed E-state index contributed by atoms with van der Waals surface area (Å²) in [5.41, 5.74) is 14.4. The first-order valence-electron chi connectivity index (χ1n) is 10.6. The zero-order chi connectivity index (χ0) is 22.2. The number of aromatic nitrogens is 3. The van der Waals surface area contributed by atoms with Crippen LogP contribution in [0, 0.1) is 6.92 Å². The maximum absolute atomic E-state index is 12.1. The van der Waals surface area contributed by atoms with Crippen LogP contribution in [0.15, 0.2) is 18.2 Å². The number of nitrogens with two attached hydrogens (primary N) is 2. The number of carbonyl (C=O) groups is 1. The van der Waals surface area contributed by atoms with Crippen molar-refractivity contribution in [3.63, 3.8) is 0 Å². The molecule has 0 bridgehead atoms. The molecule has 4 rings (SSSR count). The highest BCUT2D eigenvalue weighted by Gasteiger charge is 2.28. The number of amides is 1. The minimum absolute atomic E-state index is 0.104. The summed E-state index contributed by atoms with van der Waals surface area (Å²) in [6.07, 6.45) is 4.50. The van der Waals surface area contributed by atoms with Crippen LogP contribution in [0.3, 0.4) is 0 Å². The minimum atomic E-state index is -0.609. The topological polar surface area (TPSA) is 132 Å². The van der Waals surface area contributed by atoms with Crippen molar-refractivity contribution in [2.45, 2.75) is 64.5 Å². The minimum Gasteiger partial charge on any atom is -0.366 e. The van der Waals surface area contributed by atoms with E-state index in [0.717, 1.165) is 52.3 Å². The molecule has 1 aromatic carbocycles. The van der Waals surface area contributed by atoms with Crippen molar-refractivity contribution in [2.75, 3.05) is 10.6 Å². The van der Waals surface area contributed by atoms with Crippen LogP contribution in [0.1, 0.15) is 60.7 Å². The summed E-state index contributed by atoms with van der Waals surface area (Å²) in [4.78, 5) is 25.9. The Bertz CT molecular complexity index is 1110. The Hall–Kier alpha value is -2.78. The standard InChI is InChI=1S/C22H29N7OS/c1-4-15-20(26-13-7-9-22(3,24)10-8-13)29-21(18(28-15)19(23)30)27-14-5-6-16-17(11-14)31-12(2)25-16/h5-6,11,13H,4,7-10,24H2,1-3H3,(H2,23,30)(H2,26,27,29). The quantitative estimate of drug-likeness (QED) is 0.458. The summed E-state index contributed by atoms with van der Waals surface area (Å²) in [5.74, 6) is 0.435. The van der Waals surface area contributed by atoms with Gasteiger partial charge in [0.15, 0.2) is 11.5 Å². The SMILES string of the molecule is CCc1nc(C(N)=O)c(Nc2ccc3nc(C)sc3c2)nc1NC1CCC(C)(N)CC1. The van der Waals surface area contributed by atoms with E-state index in [-0.39, 0.29) is 17.3 Å². The number of nitrogens with one attached hydrogen (secondary N) is 2. The molecule has 0 aliphatic heterocycles. The molecule has 8 nitrogen and oxygen atoms in total. The molecular weight excluding hydrogens is 410 g/mol. The fraction of sp³-hybridized carbons (Fsp3) is 0.455. The van der Waals surface area contributed by atoms with Gasteiger partial charge >= 0.3 is 0 Å². The average Bonchev–Trinajstić information content (AvgIpc) is 3.09. The fourth-order valence-electron chi connectivity index (χ4n) is 3.96. The Morgan fingerprint density at radius 2 is 1.97 bits per heavy atom. The lowest BCUT2D eigenvalue weighted by molar-refractivity contribution is 0.0996. The molecule has 0 unspecified atom stereocenters. The molecule has 1 aliphatic carbocycles. The Kier molecular flexibility index (Phi) is 5.81. The number of fused-ring (bicyclic) bond motifs is 1. The van der Waals surface area contributed by atoms with Gasteiger partial charge in [-0.25, -0.2) is 15.0 Å². The van der Waals surface area contributed by atoms with Gasteiger partial charge in [-0.2, -0.15) is 0 Å². The van der Waals surface area contributed by atoms with Gasteiger partial charge in [-0.1, -0.05) is 6.92 Å². The van der Waals surface area contributed by atoms with Crippen molar-refractivity contribution in [2.24, 2.45) is 11.5 Å². The van der Waals surface area contributed by atoms with Crippen LogP contribution >= 0.6 is 11.3 Å².